The zero-order valence-corrected chi connectivity index (χ0v) is 8.32. The van der Waals surface area contributed by atoms with Crippen LogP contribution in [0.25, 0.3) is 0 Å². The van der Waals surface area contributed by atoms with Gasteiger partial charge in [0.1, 0.15) is 11.3 Å². The number of carboxylic acids is 1. The van der Waals surface area contributed by atoms with Crippen molar-refractivity contribution in [3.8, 4) is 5.75 Å². The lowest BCUT2D eigenvalue weighted by atomic mass is 9.95. The summed E-state index contributed by atoms with van der Waals surface area (Å²) >= 11 is 0. The van der Waals surface area contributed by atoms with Gasteiger partial charge in [-0.25, -0.2) is 4.79 Å². The molecule has 0 spiro atoms. The Balaban J connectivity index is 3.20. The summed E-state index contributed by atoms with van der Waals surface area (Å²) in [4.78, 5) is 10.7. The number of carbonyl (C=O) groups is 1. The molecule has 0 bridgehead atoms. The number of aromatic carboxylic acids is 1. The first-order valence-electron chi connectivity index (χ1n) is 4.63. The SMILES string of the molecule is CCC(C)c1cccc(C(=O)O)c1O. The molecule has 76 valence electrons. The van der Waals surface area contributed by atoms with E-state index in [1.807, 2.05) is 13.8 Å². The lowest BCUT2D eigenvalue weighted by Crippen LogP contribution is -2.00. The minimum atomic E-state index is -1.09. The highest BCUT2D eigenvalue weighted by Crippen LogP contribution is 2.30. The van der Waals surface area contributed by atoms with Gasteiger partial charge in [0.15, 0.2) is 0 Å². The summed E-state index contributed by atoms with van der Waals surface area (Å²) in [5, 5.41) is 18.5. The molecule has 0 saturated carbocycles. The van der Waals surface area contributed by atoms with Gasteiger partial charge in [-0.2, -0.15) is 0 Å². The van der Waals surface area contributed by atoms with E-state index in [2.05, 4.69) is 0 Å². The van der Waals surface area contributed by atoms with E-state index in [1.54, 1.807) is 12.1 Å². The van der Waals surface area contributed by atoms with Crippen LogP contribution >= 0.6 is 0 Å². The molecule has 1 atom stereocenters. The van der Waals surface area contributed by atoms with E-state index < -0.39 is 5.97 Å². The predicted octanol–water partition coefficient (Wildman–Crippen LogP) is 2.60. The van der Waals surface area contributed by atoms with Gasteiger partial charge in [0.05, 0.1) is 0 Å². The topological polar surface area (TPSA) is 57.5 Å². The Kier molecular flexibility index (Phi) is 3.12. The van der Waals surface area contributed by atoms with Crippen molar-refractivity contribution >= 4 is 5.97 Å². The highest BCUT2D eigenvalue weighted by atomic mass is 16.4. The Hall–Kier alpha value is -1.51. The van der Waals surface area contributed by atoms with Gasteiger partial charge < -0.3 is 10.2 Å². The molecule has 2 N–H and O–H groups in total. The normalized spacial score (nSPS) is 12.4. The molecule has 1 unspecified atom stereocenters. The molecule has 0 heterocycles. The average molecular weight is 194 g/mol. The van der Waals surface area contributed by atoms with Crippen LogP contribution in [-0.2, 0) is 0 Å². The van der Waals surface area contributed by atoms with Gasteiger partial charge >= 0.3 is 5.97 Å². The van der Waals surface area contributed by atoms with Crippen molar-refractivity contribution in [1.29, 1.82) is 0 Å². The molecule has 0 amide bonds. The number of rotatable bonds is 3. The first-order valence-corrected chi connectivity index (χ1v) is 4.63. The van der Waals surface area contributed by atoms with Crippen LogP contribution in [0.15, 0.2) is 18.2 Å². The Bertz CT molecular complexity index is 344. The summed E-state index contributed by atoms with van der Waals surface area (Å²) in [6, 6.07) is 4.82. The summed E-state index contributed by atoms with van der Waals surface area (Å²) in [6.45, 7) is 3.96. The molecular weight excluding hydrogens is 180 g/mol. The van der Waals surface area contributed by atoms with E-state index >= 15 is 0 Å². The van der Waals surface area contributed by atoms with Crippen LogP contribution < -0.4 is 0 Å². The molecule has 0 saturated heterocycles. The fourth-order valence-corrected chi connectivity index (χ4v) is 1.35. The van der Waals surface area contributed by atoms with Crippen molar-refractivity contribution in [1.82, 2.24) is 0 Å². The number of hydrogen-bond donors (Lipinski definition) is 2. The molecule has 0 aliphatic carbocycles. The van der Waals surface area contributed by atoms with E-state index in [9.17, 15) is 9.90 Å². The summed E-state index contributed by atoms with van der Waals surface area (Å²) in [5.41, 5.74) is 0.676. The highest BCUT2D eigenvalue weighted by molar-refractivity contribution is 5.91. The molecule has 0 aromatic heterocycles. The molecule has 0 aliphatic heterocycles. The molecule has 3 heteroatoms. The maximum absolute atomic E-state index is 10.7. The Morgan fingerprint density at radius 1 is 1.50 bits per heavy atom. The molecule has 1 aromatic carbocycles. The Morgan fingerprint density at radius 2 is 2.14 bits per heavy atom. The molecule has 0 radical (unpaired) electrons. The van der Waals surface area contributed by atoms with Crippen molar-refractivity contribution in [2.24, 2.45) is 0 Å². The van der Waals surface area contributed by atoms with Gasteiger partial charge in [-0.1, -0.05) is 26.0 Å². The fraction of sp³-hybridized carbons (Fsp3) is 0.364. The first-order chi connectivity index (χ1) is 6.57. The Labute approximate surface area is 83.0 Å². The Morgan fingerprint density at radius 3 is 2.64 bits per heavy atom. The van der Waals surface area contributed by atoms with E-state index in [-0.39, 0.29) is 17.2 Å². The van der Waals surface area contributed by atoms with Crippen molar-refractivity contribution in [3.63, 3.8) is 0 Å². The quantitative estimate of drug-likeness (QED) is 0.777. The van der Waals surface area contributed by atoms with E-state index in [4.69, 9.17) is 5.11 Å². The predicted molar refractivity (Wildman–Crippen MR) is 53.8 cm³/mol. The summed E-state index contributed by atoms with van der Waals surface area (Å²) in [7, 11) is 0. The van der Waals surface area contributed by atoms with Crippen LogP contribution in [0.3, 0.4) is 0 Å². The lowest BCUT2D eigenvalue weighted by molar-refractivity contribution is 0.0693. The third-order valence-electron chi connectivity index (χ3n) is 2.44. The van der Waals surface area contributed by atoms with E-state index in [0.717, 1.165) is 6.42 Å². The first kappa shape index (κ1) is 10.6. The number of para-hydroxylation sites is 1. The van der Waals surface area contributed by atoms with Gasteiger partial charge in [-0.05, 0) is 24.0 Å². The largest absolute Gasteiger partial charge is 0.507 e. The molecule has 3 nitrogen and oxygen atoms in total. The summed E-state index contributed by atoms with van der Waals surface area (Å²) in [5.74, 6) is -1.02. The number of carboxylic acid groups (broad SMARTS) is 1. The zero-order chi connectivity index (χ0) is 10.7. The van der Waals surface area contributed by atoms with Gasteiger partial charge in [-0.3, -0.25) is 0 Å². The van der Waals surface area contributed by atoms with Crippen LogP contribution in [0.2, 0.25) is 0 Å². The van der Waals surface area contributed by atoms with Crippen LogP contribution in [-0.4, -0.2) is 16.2 Å². The standard InChI is InChI=1S/C11H14O3/c1-3-7(2)8-5-4-6-9(10(8)12)11(13)14/h4-7,12H,3H2,1-2H3,(H,13,14). The highest BCUT2D eigenvalue weighted by Gasteiger charge is 2.15. The minimum Gasteiger partial charge on any atom is -0.507 e. The second-order valence-corrected chi connectivity index (χ2v) is 3.36. The second kappa shape index (κ2) is 4.13. The van der Waals surface area contributed by atoms with Crippen LogP contribution in [0, 0.1) is 0 Å². The van der Waals surface area contributed by atoms with Crippen LogP contribution in [0.1, 0.15) is 42.1 Å². The minimum absolute atomic E-state index is 0.0252. The third kappa shape index (κ3) is 1.87. The average Bonchev–Trinajstić information content (AvgIpc) is 2.16. The molecule has 0 fully saturated rings. The van der Waals surface area contributed by atoms with Crippen molar-refractivity contribution < 1.29 is 15.0 Å². The van der Waals surface area contributed by atoms with Gasteiger partial charge in [0.2, 0.25) is 0 Å². The van der Waals surface area contributed by atoms with Crippen molar-refractivity contribution in [3.05, 3.63) is 29.3 Å². The lowest BCUT2D eigenvalue weighted by Gasteiger charge is -2.12. The van der Waals surface area contributed by atoms with Gasteiger partial charge in [0.25, 0.3) is 0 Å². The maximum Gasteiger partial charge on any atom is 0.339 e. The molecule has 1 aromatic rings. The molecule has 1 rings (SSSR count). The molecule has 0 aliphatic rings. The van der Waals surface area contributed by atoms with E-state index in [0.29, 0.717) is 5.56 Å². The van der Waals surface area contributed by atoms with Crippen LogP contribution in [0.5, 0.6) is 5.75 Å². The number of hydrogen-bond acceptors (Lipinski definition) is 2. The monoisotopic (exact) mass is 194 g/mol. The molecular formula is C11H14O3. The molecule has 14 heavy (non-hydrogen) atoms. The van der Waals surface area contributed by atoms with Gasteiger partial charge in [-0.15, -0.1) is 0 Å². The number of aromatic hydroxyl groups is 1. The third-order valence-corrected chi connectivity index (χ3v) is 2.44. The number of benzene rings is 1. The van der Waals surface area contributed by atoms with Crippen LogP contribution in [0.4, 0.5) is 0 Å². The number of phenols is 1. The summed E-state index contributed by atoms with van der Waals surface area (Å²) < 4.78 is 0. The maximum atomic E-state index is 10.7. The fourth-order valence-electron chi connectivity index (χ4n) is 1.35. The summed E-state index contributed by atoms with van der Waals surface area (Å²) in [6.07, 6.45) is 0.872. The van der Waals surface area contributed by atoms with Crippen molar-refractivity contribution in [2.75, 3.05) is 0 Å². The van der Waals surface area contributed by atoms with Gasteiger partial charge in [0, 0.05) is 0 Å². The second-order valence-electron chi connectivity index (χ2n) is 3.36. The smallest absolute Gasteiger partial charge is 0.339 e. The zero-order valence-electron chi connectivity index (χ0n) is 8.32. The van der Waals surface area contributed by atoms with E-state index in [1.165, 1.54) is 6.07 Å². The van der Waals surface area contributed by atoms with Crippen molar-refractivity contribution in [2.45, 2.75) is 26.2 Å².